The van der Waals surface area contributed by atoms with Crippen LogP contribution in [0, 0.1) is 0 Å². The average molecular weight is 379 g/mol. The molecule has 0 spiro atoms. The third-order valence-corrected chi connectivity index (χ3v) is 5.44. The van der Waals surface area contributed by atoms with Crippen LogP contribution < -0.4 is 14.5 Å². The fraction of sp³-hybridized carbons (Fsp3) is 0.238. The van der Waals surface area contributed by atoms with Gasteiger partial charge in [-0.1, -0.05) is 30.3 Å². The van der Waals surface area contributed by atoms with Crippen LogP contribution in [0.15, 0.2) is 59.0 Å². The zero-order valence-corrected chi connectivity index (χ0v) is 16.4. The molecule has 0 fully saturated rings. The van der Waals surface area contributed by atoms with Gasteiger partial charge in [0.2, 0.25) is 5.13 Å². The first-order chi connectivity index (χ1) is 13.2. The largest absolute Gasteiger partial charge is 0.493 e. The number of ether oxygens (including phenoxy) is 2. The van der Waals surface area contributed by atoms with E-state index in [1.807, 2.05) is 29.3 Å². The van der Waals surface area contributed by atoms with Gasteiger partial charge in [0.05, 0.1) is 26.0 Å². The predicted molar refractivity (Wildman–Crippen MR) is 110 cm³/mol. The summed E-state index contributed by atoms with van der Waals surface area (Å²) in [4.78, 5) is 4.84. The molecule has 2 aromatic carbocycles. The molecule has 1 aliphatic heterocycles. The molecule has 0 saturated heterocycles. The fourth-order valence-corrected chi connectivity index (χ4v) is 4.10. The predicted octanol–water partition coefficient (Wildman–Crippen LogP) is 5.15. The maximum atomic E-state index is 5.41. The lowest BCUT2D eigenvalue weighted by atomic mass is 10.0. The highest BCUT2D eigenvalue weighted by Gasteiger charge is 2.29. The topological polar surface area (TPSA) is 47.0 Å². The lowest BCUT2D eigenvalue weighted by Gasteiger charge is -2.21. The Labute approximate surface area is 162 Å². The van der Waals surface area contributed by atoms with Gasteiger partial charge in [0.15, 0.2) is 11.5 Å². The molecule has 0 amide bonds. The number of benzene rings is 2. The molecule has 0 aliphatic carbocycles. The van der Waals surface area contributed by atoms with E-state index < -0.39 is 0 Å². The smallest absolute Gasteiger partial charge is 0.207 e. The minimum Gasteiger partial charge on any atom is -0.493 e. The summed E-state index contributed by atoms with van der Waals surface area (Å²) in [5.41, 5.74) is 4.27. The highest BCUT2D eigenvalue weighted by molar-refractivity contribution is 7.14. The zero-order chi connectivity index (χ0) is 18.8. The normalized spacial score (nSPS) is 16.3. The van der Waals surface area contributed by atoms with Crippen LogP contribution in [-0.2, 0) is 0 Å². The summed E-state index contributed by atoms with van der Waals surface area (Å²) in [6, 6.07) is 16.5. The van der Waals surface area contributed by atoms with Gasteiger partial charge in [0.1, 0.15) is 0 Å². The summed E-state index contributed by atoms with van der Waals surface area (Å²) in [5.74, 6) is 1.40. The van der Waals surface area contributed by atoms with Crippen molar-refractivity contribution in [2.45, 2.75) is 19.4 Å². The standard InChI is InChI=1S/C21H21N3O2S/c1-14-11-18(15-7-5-4-6-8-15)24(23-14)21-22-17(13-27-21)16-9-10-19(25-2)20(12-16)26-3/h4-10,12-13,18H,11H2,1-3H3/t18-/m1/s1. The van der Waals surface area contributed by atoms with E-state index in [1.165, 1.54) is 5.56 Å². The van der Waals surface area contributed by atoms with Crippen LogP contribution in [0.4, 0.5) is 5.13 Å². The van der Waals surface area contributed by atoms with Gasteiger partial charge in [-0.15, -0.1) is 11.3 Å². The second-order valence-corrected chi connectivity index (χ2v) is 7.23. The van der Waals surface area contributed by atoms with Crippen molar-refractivity contribution in [3.05, 3.63) is 59.5 Å². The Kier molecular flexibility index (Phi) is 4.81. The molecule has 6 heteroatoms. The molecule has 0 radical (unpaired) electrons. The van der Waals surface area contributed by atoms with Crippen molar-refractivity contribution in [1.82, 2.24) is 4.98 Å². The van der Waals surface area contributed by atoms with Gasteiger partial charge in [-0.3, -0.25) is 0 Å². The molecular weight excluding hydrogens is 358 g/mol. The number of hydrogen-bond acceptors (Lipinski definition) is 6. The van der Waals surface area contributed by atoms with Gasteiger partial charge in [-0.2, -0.15) is 5.10 Å². The Morgan fingerprint density at radius 1 is 1.04 bits per heavy atom. The van der Waals surface area contributed by atoms with Gasteiger partial charge >= 0.3 is 0 Å². The van der Waals surface area contributed by atoms with Crippen LogP contribution in [0.2, 0.25) is 0 Å². The molecule has 0 N–H and O–H groups in total. The molecule has 0 saturated carbocycles. The number of nitrogens with zero attached hydrogens (tertiary/aromatic N) is 3. The Morgan fingerprint density at radius 2 is 1.81 bits per heavy atom. The van der Waals surface area contributed by atoms with E-state index in [-0.39, 0.29) is 6.04 Å². The van der Waals surface area contributed by atoms with Crippen LogP contribution in [0.5, 0.6) is 11.5 Å². The van der Waals surface area contributed by atoms with Crippen molar-refractivity contribution < 1.29 is 9.47 Å². The van der Waals surface area contributed by atoms with E-state index in [1.54, 1.807) is 25.6 Å². The summed E-state index contributed by atoms with van der Waals surface area (Å²) in [7, 11) is 3.27. The molecule has 1 aromatic heterocycles. The molecule has 27 heavy (non-hydrogen) atoms. The van der Waals surface area contributed by atoms with Gasteiger partial charge in [0.25, 0.3) is 0 Å². The summed E-state index contributed by atoms with van der Waals surface area (Å²) in [6.07, 6.45) is 0.912. The van der Waals surface area contributed by atoms with Gasteiger partial charge in [-0.25, -0.2) is 9.99 Å². The van der Waals surface area contributed by atoms with Crippen LogP contribution >= 0.6 is 11.3 Å². The van der Waals surface area contributed by atoms with Crippen molar-refractivity contribution in [3.63, 3.8) is 0 Å². The van der Waals surface area contributed by atoms with Crippen LogP contribution in [0.25, 0.3) is 11.3 Å². The number of anilines is 1. The van der Waals surface area contributed by atoms with Crippen LogP contribution in [-0.4, -0.2) is 24.9 Å². The van der Waals surface area contributed by atoms with Gasteiger partial charge < -0.3 is 9.47 Å². The minimum absolute atomic E-state index is 0.190. The van der Waals surface area contributed by atoms with Crippen molar-refractivity contribution in [2.24, 2.45) is 5.10 Å². The van der Waals surface area contributed by atoms with Gasteiger partial charge in [-0.05, 0) is 30.7 Å². The van der Waals surface area contributed by atoms with Crippen molar-refractivity contribution >= 4 is 22.2 Å². The number of rotatable bonds is 5. The summed E-state index contributed by atoms with van der Waals surface area (Å²) < 4.78 is 10.7. The maximum Gasteiger partial charge on any atom is 0.207 e. The third kappa shape index (κ3) is 3.40. The van der Waals surface area contributed by atoms with E-state index in [2.05, 4.69) is 36.6 Å². The SMILES string of the molecule is COc1ccc(-c2csc(N3N=C(C)C[C@@H]3c3ccccc3)n2)cc1OC. The van der Waals surface area contributed by atoms with Crippen molar-refractivity contribution in [2.75, 3.05) is 19.2 Å². The lowest BCUT2D eigenvalue weighted by Crippen LogP contribution is -2.18. The molecule has 5 nitrogen and oxygen atoms in total. The van der Waals surface area contributed by atoms with E-state index in [0.29, 0.717) is 11.5 Å². The summed E-state index contributed by atoms with van der Waals surface area (Å²) in [5, 5.41) is 9.73. The Morgan fingerprint density at radius 3 is 2.56 bits per heavy atom. The second-order valence-electron chi connectivity index (χ2n) is 6.40. The molecule has 0 bridgehead atoms. The molecule has 0 unspecified atom stereocenters. The lowest BCUT2D eigenvalue weighted by molar-refractivity contribution is 0.355. The molecule has 1 atom stereocenters. The molecule has 4 rings (SSSR count). The Balaban J connectivity index is 1.66. The molecular formula is C21H21N3O2S. The van der Waals surface area contributed by atoms with E-state index in [0.717, 1.165) is 28.5 Å². The Hall–Kier alpha value is -2.86. The monoisotopic (exact) mass is 379 g/mol. The van der Waals surface area contributed by atoms with Crippen LogP contribution in [0.1, 0.15) is 24.9 Å². The average Bonchev–Trinajstić information content (AvgIpc) is 3.35. The first-order valence-electron chi connectivity index (χ1n) is 8.76. The molecule has 3 aromatic rings. The van der Waals surface area contributed by atoms with E-state index in [4.69, 9.17) is 19.6 Å². The second kappa shape index (κ2) is 7.40. The van der Waals surface area contributed by atoms with E-state index >= 15 is 0 Å². The fourth-order valence-electron chi connectivity index (χ4n) is 3.27. The number of hydrogen-bond donors (Lipinski definition) is 0. The highest BCUT2D eigenvalue weighted by atomic mass is 32.1. The minimum atomic E-state index is 0.190. The van der Waals surface area contributed by atoms with Crippen LogP contribution in [0.3, 0.4) is 0 Å². The third-order valence-electron chi connectivity index (χ3n) is 4.61. The van der Waals surface area contributed by atoms with E-state index in [9.17, 15) is 0 Å². The maximum absolute atomic E-state index is 5.41. The number of methoxy groups -OCH3 is 2. The number of hydrazone groups is 1. The molecule has 2 heterocycles. The zero-order valence-electron chi connectivity index (χ0n) is 15.5. The quantitative estimate of drug-likeness (QED) is 0.615. The summed E-state index contributed by atoms with van der Waals surface area (Å²) >= 11 is 1.60. The first-order valence-corrected chi connectivity index (χ1v) is 9.63. The number of thiazole rings is 1. The molecule has 1 aliphatic rings. The van der Waals surface area contributed by atoms with Gasteiger partial charge in [0, 0.05) is 23.1 Å². The highest BCUT2D eigenvalue weighted by Crippen LogP contribution is 2.39. The molecule has 138 valence electrons. The first kappa shape index (κ1) is 17.5. The van der Waals surface area contributed by atoms with Crippen molar-refractivity contribution in [1.29, 1.82) is 0 Å². The number of aromatic nitrogens is 1. The van der Waals surface area contributed by atoms with Crippen molar-refractivity contribution in [3.8, 4) is 22.8 Å². The Bertz CT molecular complexity index is 969. The summed E-state index contributed by atoms with van der Waals surface area (Å²) in [6.45, 7) is 2.07.